The molecule has 0 aromatic heterocycles. The van der Waals surface area contributed by atoms with Gasteiger partial charge < -0.3 is 0 Å². The Hall–Kier alpha value is -0.500. The lowest BCUT2D eigenvalue weighted by Crippen LogP contribution is -1.66. The predicted octanol–water partition coefficient (Wildman–Crippen LogP) is 2.47. The second-order valence-corrected chi connectivity index (χ2v) is 2.20. The summed E-state index contributed by atoms with van der Waals surface area (Å²) in [5.74, 6) is 0. The molecule has 0 aliphatic heterocycles. The molecule has 0 saturated carbocycles. The number of allylic oxidation sites excluding steroid dienone is 3. The summed E-state index contributed by atoms with van der Waals surface area (Å²) in [6.07, 6.45) is 5.57. The Bertz CT molecular complexity index is 136. The summed E-state index contributed by atoms with van der Waals surface area (Å²) >= 11 is 1.59. The van der Waals surface area contributed by atoms with Gasteiger partial charge in [-0.05, 0) is 19.3 Å². The Labute approximate surface area is 60.6 Å². The summed E-state index contributed by atoms with van der Waals surface area (Å²) in [4.78, 5) is 4.06. The van der Waals surface area contributed by atoms with Crippen LogP contribution in [0.25, 0.3) is 0 Å². The fraction of sp³-hybridized carbons (Fsp3) is 0.286. The molecule has 0 spiro atoms. The minimum Gasteiger partial charge on any atom is -0.255 e. The van der Waals surface area contributed by atoms with Gasteiger partial charge in [0.05, 0.1) is 5.55 Å². The van der Waals surface area contributed by atoms with Gasteiger partial charge in [0, 0.05) is 5.70 Å². The zero-order valence-electron chi connectivity index (χ0n) is 5.79. The van der Waals surface area contributed by atoms with E-state index in [0.717, 1.165) is 5.70 Å². The fourth-order valence-electron chi connectivity index (χ4n) is 0.349. The zero-order valence-corrected chi connectivity index (χ0v) is 6.61. The molecule has 0 bridgehead atoms. The van der Waals surface area contributed by atoms with Crippen LogP contribution in [0.2, 0.25) is 0 Å². The first-order valence-electron chi connectivity index (χ1n) is 2.66. The van der Waals surface area contributed by atoms with E-state index in [0.29, 0.717) is 0 Å². The lowest BCUT2D eigenvalue weighted by Gasteiger charge is -1.84. The SMILES string of the molecule is C=C/C=C(\C)N=CSC. The van der Waals surface area contributed by atoms with Gasteiger partial charge in [0.25, 0.3) is 0 Å². The Morgan fingerprint density at radius 2 is 2.33 bits per heavy atom. The number of hydrogen-bond donors (Lipinski definition) is 0. The molecule has 0 aromatic rings. The van der Waals surface area contributed by atoms with Crippen molar-refractivity contribution < 1.29 is 0 Å². The van der Waals surface area contributed by atoms with E-state index < -0.39 is 0 Å². The van der Waals surface area contributed by atoms with Gasteiger partial charge in [-0.25, -0.2) is 0 Å². The molecular formula is C7H11NS. The van der Waals surface area contributed by atoms with Crippen molar-refractivity contribution >= 4 is 17.3 Å². The first-order valence-corrected chi connectivity index (χ1v) is 3.94. The van der Waals surface area contributed by atoms with Crippen molar-refractivity contribution in [2.45, 2.75) is 6.92 Å². The molecular weight excluding hydrogens is 130 g/mol. The maximum Gasteiger partial charge on any atom is 0.0597 e. The molecule has 1 nitrogen and oxygen atoms in total. The average molecular weight is 141 g/mol. The van der Waals surface area contributed by atoms with E-state index in [-0.39, 0.29) is 0 Å². The molecule has 0 saturated heterocycles. The molecule has 0 aliphatic rings. The number of hydrogen-bond acceptors (Lipinski definition) is 2. The minimum atomic E-state index is 0.986. The maximum absolute atomic E-state index is 4.06. The van der Waals surface area contributed by atoms with Crippen LogP contribution in [0.4, 0.5) is 0 Å². The highest BCUT2D eigenvalue weighted by Crippen LogP contribution is 1.95. The highest BCUT2D eigenvalue weighted by molar-refractivity contribution is 8.11. The van der Waals surface area contributed by atoms with E-state index in [1.807, 2.05) is 19.3 Å². The topological polar surface area (TPSA) is 12.4 Å². The second-order valence-electron chi connectivity index (χ2n) is 1.51. The summed E-state index contributed by atoms with van der Waals surface area (Å²) in [6, 6.07) is 0. The average Bonchev–Trinajstić information content (AvgIpc) is 1.85. The quantitative estimate of drug-likeness (QED) is 0.334. The van der Waals surface area contributed by atoms with Gasteiger partial charge in [-0.2, -0.15) is 0 Å². The van der Waals surface area contributed by atoms with Gasteiger partial charge in [0.2, 0.25) is 0 Å². The van der Waals surface area contributed by atoms with Gasteiger partial charge in [-0.15, -0.1) is 11.8 Å². The van der Waals surface area contributed by atoms with Crippen molar-refractivity contribution in [2.75, 3.05) is 6.26 Å². The van der Waals surface area contributed by atoms with Crippen molar-refractivity contribution in [1.29, 1.82) is 0 Å². The van der Waals surface area contributed by atoms with E-state index >= 15 is 0 Å². The molecule has 0 aliphatic carbocycles. The van der Waals surface area contributed by atoms with Gasteiger partial charge in [0.1, 0.15) is 0 Å². The molecule has 2 heteroatoms. The van der Waals surface area contributed by atoms with Crippen molar-refractivity contribution in [3.05, 3.63) is 24.4 Å². The normalized spacial score (nSPS) is 12.4. The summed E-state index contributed by atoms with van der Waals surface area (Å²) in [6.45, 7) is 5.49. The van der Waals surface area contributed by atoms with Gasteiger partial charge in [0.15, 0.2) is 0 Å². The van der Waals surface area contributed by atoms with Crippen molar-refractivity contribution in [3.63, 3.8) is 0 Å². The third kappa shape index (κ3) is 5.37. The molecule has 0 rings (SSSR count). The highest BCUT2D eigenvalue weighted by Gasteiger charge is 1.74. The molecule has 0 aromatic carbocycles. The molecule has 0 atom stereocenters. The Balaban J connectivity index is 3.74. The van der Waals surface area contributed by atoms with Crippen LogP contribution in [0.5, 0.6) is 0 Å². The predicted molar refractivity (Wildman–Crippen MR) is 46.0 cm³/mol. The summed E-state index contributed by atoms with van der Waals surface area (Å²) in [7, 11) is 0. The van der Waals surface area contributed by atoms with Crippen LogP contribution in [-0.4, -0.2) is 11.8 Å². The molecule has 0 fully saturated rings. The standard InChI is InChI=1S/C7H11NS/c1-4-5-7(2)8-6-9-3/h4-6H,1H2,2-3H3/b7-5+,8-6?. The highest BCUT2D eigenvalue weighted by atomic mass is 32.2. The number of aliphatic imine (C=N–C) groups is 1. The van der Waals surface area contributed by atoms with Crippen LogP contribution in [0.15, 0.2) is 29.4 Å². The van der Waals surface area contributed by atoms with Crippen molar-refractivity contribution in [1.82, 2.24) is 0 Å². The van der Waals surface area contributed by atoms with Crippen LogP contribution >= 0.6 is 11.8 Å². The molecule has 0 heterocycles. The smallest absolute Gasteiger partial charge is 0.0597 e. The van der Waals surface area contributed by atoms with E-state index in [4.69, 9.17) is 0 Å². The monoisotopic (exact) mass is 141 g/mol. The van der Waals surface area contributed by atoms with Crippen molar-refractivity contribution in [3.8, 4) is 0 Å². The van der Waals surface area contributed by atoms with Crippen LogP contribution in [0.3, 0.4) is 0 Å². The van der Waals surface area contributed by atoms with E-state index in [9.17, 15) is 0 Å². The molecule has 0 N–H and O–H groups in total. The molecule has 9 heavy (non-hydrogen) atoms. The lowest BCUT2D eigenvalue weighted by atomic mass is 10.4. The van der Waals surface area contributed by atoms with Crippen LogP contribution in [0.1, 0.15) is 6.92 Å². The second kappa shape index (κ2) is 5.63. The van der Waals surface area contributed by atoms with Crippen LogP contribution in [0, 0.1) is 0 Å². The van der Waals surface area contributed by atoms with Crippen molar-refractivity contribution in [2.24, 2.45) is 4.99 Å². The molecule has 50 valence electrons. The van der Waals surface area contributed by atoms with E-state index in [2.05, 4.69) is 11.6 Å². The Morgan fingerprint density at radius 3 is 2.78 bits per heavy atom. The lowest BCUT2D eigenvalue weighted by molar-refractivity contribution is 1.33. The van der Waals surface area contributed by atoms with Gasteiger partial charge >= 0.3 is 0 Å². The summed E-state index contributed by atoms with van der Waals surface area (Å²) in [5.41, 5.74) is 2.79. The zero-order chi connectivity index (χ0) is 7.11. The van der Waals surface area contributed by atoms with Gasteiger partial charge in [-0.1, -0.05) is 12.7 Å². The van der Waals surface area contributed by atoms with E-state index in [1.54, 1.807) is 23.4 Å². The maximum atomic E-state index is 4.06. The Morgan fingerprint density at radius 1 is 1.67 bits per heavy atom. The van der Waals surface area contributed by atoms with Crippen LogP contribution in [-0.2, 0) is 0 Å². The first-order chi connectivity index (χ1) is 4.31. The van der Waals surface area contributed by atoms with E-state index in [1.165, 1.54) is 0 Å². The number of rotatable bonds is 3. The minimum absolute atomic E-state index is 0.986. The summed E-state index contributed by atoms with van der Waals surface area (Å²) < 4.78 is 0. The number of nitrogens with zero attached hydrogens (tertiary/aromatic N) is 1. The third-order valence-electron chi connectivity index (χ3n) is 0.721. The third-order valence-corrected chi connectivity index (χ3v) is 1.04. The molecule has 0 amide bonds. The van der Waals surface area contributed by atoms with Gasteiger partial charge in [-0.3, -0.25) is 4.99 Å². The Kier molecular flexibility index (Phi) is 5.32. The number of thioether (sulfide) groups is 1. The first kappa shape index (κ1) is 8.50. The van der Waals surface area contributed by atoms with Crippen LogP contribution < -0.4 is 0 Å². The fourth-order valence-corrected chi connectivity index (χ4v) is 0.621. The molecule has 0 radical (unpaired) electrons. The molecule has 0 unspecified atom stereocenters. The largest absolute Gasteiger partial charge is 0.255 e. The summed E-state index contributed by atoms with van der Waals surface area (Å²) in [5, 5.41) is 0.